The van der Waals surface area contributed by atoms with Crippen LogP contribution in [0.2, 0.25) is 0 Å². The SMILES string of the molecule is O=C(NC1CCS(=O)(=O)C1)c1ccc(-c2ccccc2)nn1. The fraction of sp³-hybridized carbons (Fsp3) is 0.267. The van der Waals surface area contributed by atoms with Gasteiger partial charge < -0.3 is 5.32 Å². The van der Waals surface area contributed by atoms with Crippen molar-refractivity contribution >= 4 is 15.7 Å². The first-order chi connectivity index (χ1) is 10.5. The van der Waals surface area contributed by atoms with Crippen molar-refractivity contribution in [1.29, 1.82) is 0 Å². The smallest absolute Gasteiger partial charge is 0.272 e. The van der Waals surface area contributed by atoms with Crippen molar-refractivity contribution in [2.24, 2.45) is 0 Å². The van der Waals surface area contributed by atoms with Crippen LogP contribution in [0.3, 0.4) is 0 Å². The number of hydrogen-bond donors (Lipinski definition) is 1. The van der Waals surface area contributed by atoms with Crippen LogP contribution in [-0.4, -0.2) is 42.1 Å². The number of rotatable bonds is 3. The van der Waals surface area contributed by atoms with Gasteiger partial charge in [-0.05, 0) is 18.6 Å². The first kappa shape index (κ1) is 14.6. The molecule has 6 nitrogen and oxygen atoms in total. The van der Waals surface area contributed by atoms with Gasteiger partial charge in [-0.15, -0.1) is 10.2 Å². The molecule has 0 saturated carbocycles. The van der Waals surface area contributed by atoms with Gasteiger partial charge in [-0.3, -0.25) is 4.79 Å². The Balaban J connectivity index is 1.69. The summed E-state index contributed by atoms with van der Waals surface area (Å²) in [5.41, 5.74) is 1.79. The van der Waals surface area contributed by atoms with Gasteiger partial charge in [0, 0.05) is 11.6 Å². The fourth-order valence-electron chi connectivity index (χ4n) is 2.38. The molecule has 7 heteroatoms. The summed E-state index contributed by atoms with van der Waals surface area (Å²) in [6.07, 6.45) is 0.448. The number of aromatic nitrogens is 2. The normalized spacial score (nSPS) is 19.7. The van der Waals surface area contributed by atoms with Gasteiger partial charge >= 0.3 is 0 Å². The van der Waals surface area contributed by atoms with Crippen LogP contribution in [-0.2, 0) is 9.84 Å². The van der Waals surface area contributed by atoms with Crippen LogP contribution in [0.15, 0.2) is 42.5 Å². The van der Waals surface area contributed by atoms with Crippen LogP contribution in [0.25, 0.3) is 11.3 Å². The monoisotopic (exact) mass is 317 g/mol. The van der Waals surface area contributed by atoms with E-state index in [0.717, 1.165) is 5.56 Å². The van der Waals surface area contributed by atoms with E-state index in [9.17, 15) is 13.2 Å². The molecule has 1 aromatic carbocycles. The first-order valence-corrected chi connectivity index (χ1v) is 8.76. The molecule has 1 fully saturated rings. The lowest BCUT2D eigenvalue weighted by Crippen LogP contribution is -2.36. The summed E-state index contributed by atoms with van der Waals surface area (Å²) in [5, 5.41) is 10.7. The van der Waals surface area contributed by atoms with E-state index in [2.05, 4.69) is 15.5 Å². The van der Waals surface area contributed by atoms with Gasteiger partial charge in [0.1, 0.15) is 0 Å². The molecule has 1 aromatic heterocycles. The number of carbonyl (C=O) groups is 1. The molecule has 0 bridgehead atoms. The number of benzene rings is 1. The lowest BCUT2D eigenvalue weighted by atomic mass is 10.1. The minimum Gasteiger partial charge on any atom is -0.347 e. The summed E-state index contributed by atoms with van der Waals surface area (Å²) in [4.78, 5) is 12.1. The third kappa shape index (κ3) is 3.30. The lowest BCUT2D eigenvalue weighted by Gasteiger charge is -2.10. The molecule has 22 heavy (non-hydrogen) atoms. The molecule has 3 rings (SSSR count). The predicted octanol–water partition coefficient (Wildman–Crippen LogP) is 1.06. The van der Waals surface area contributed by atoms with E-state index >= 15 is 0 Å². The van der Waals surface area contributed by atoms with Gasteiger partial charge in [-0.1, -0.05) is 30.3 Å². The van der Waals surface area contributed by atoms with Crippen LogP contribution >= 0.6 is 0 Å². The van der Waals surface area contributed by atoms with E-state index in [1.54, 1.807) is 12.1 Å². The van der Waals surface area contributed by atoms with Crippen molar-refractivity contribution in [1.82, 2.24) is 15.5 Å². The summed E-state index contributed by atoms with van der Waals surface area (Å²) in [7, 11) is -3.02. The number of nitrogens with one attached hydrogen (secondary N) is 1. The van der Waals surface area contributed by atoms with Crippen LogP contribution in [0.4, 0.5) is 0 Å². The highest BCUT2D eigenvalue weighted by molar-refractivity contribution is 7.91. The van der Waals surface area contributed by atoms with Crippen LogP contribution in [0.5, 0.6) is 0 Å². The summed E-state index contributed by atoms with van der Waals surface area (Å²) in [6.45, 7) is 0. The Hall–Kier alpha value is -2.28. The molecule has 0 aliphatic carbocycles. The van der Waals surface area contributed by atoms with Crippen molar-refractivity contribution in [3.63, 3.8) is 0 Å². The molecular weight excluding hydrogens is 302 g/mol. The van der Waals surface area contributed by atoms with Gasteiger partial charge in [0.05, 0.1) is 17.2 Å². The largest absolute Gasteiger partial charge is 0.347 e. The average molecular weight is 317 g/mol. The van der Waals surface area contributed by atoms with Crippen molar-refractivity contribution in [3.05, 3.63) is 48.2 Å². The Morgan fingerprint density at radius 1 is 1.09 bits per heavy atom. The maximum atomic E-state index is 12.1. The molecule has 1 amide bonds. The first-order valence-electron chi connectivity index (χ1n) is 6.94. The quantitative estimate of drug-likeness (QED) is 0.914. The van der Waals surface area contributed by atoms with Crippen molar-refractivity contribution in [2.45, 2.75) is 12.5 Å². The van der Waals surface area contributed by atoms with Gasteiger partial charge in [-0.25, -0.2) is 8.42 Å². The molecule has 2 aromatic rings. The molecule has 1 unspecified atom stereocenters. The molecule has 0 radical (unpaired) electrons. The maximum Gasteiger partial charge on any atom is 0.272 e. The Labute approximate surface area is 128 Å². The number of hydrogen-bond acceptors (Lipinski definition) is 5. The zero-order valence-corrected chi connectivity index (χ0v) is 12.6. The van der Waals surface area contributed by atoms with Crippen molar-refractivity contribution in [2.75, 3.05) is 11.5 Å². The minimum absolute atomic E-state index is 0.00569. The highest BCUT2D eigenvalue weighted by Crippen LogP contribution is 2.15. The Morgan fingerprint density at radius 2 is 1.86 bits per heavy atom. The van der Waals surface area contributed by atoms with Gasteiger partial charge in [-0.2, -0.15) is 0 Å². The molecular formula is C15H15N3O3S. The van der Waals surface area contributed by atoms with E-state index in [1.165, 1.54) is 0 Å². The third-order valence-electron chi connectivity index (χ3n) is 3.53. The molecule has 114 valence electrons. The Kier molecular flexibility index (Phi) is 3.89. The highest BCUT2D eigenvalue weighted by Gasteiger charge is 2.29. The standard InChI is InChI=1S/C15H15N3O3S/c19-15(16-12-8-9-22(20,21)10-12)14-7-6-13(17-18-14)11-4-2-1-3-5-11/h1-7,12H,8-10H2,(H,16,19). The molecule has 1 aliphatic heterocycles. The second-order valence-electron chi connectivity index (χ2n) is 5.24. The van der Waals surface area contributed by atoms with Gasteiger partial charge in [0.15, 0.2) is 15.5 Å². The van der Waals surface area contributed by atoms with E-state index in [-0.39, 0.29) is 23.2 Å². The topological polar surface area (TPSA) is 89.0 Å². The van der Waals surface area contributed by atoms with E-state index in [1.807, 2.05) is 30.3 Å². The molecule has 0 spiro atoms. The highest BCUT2D eigenvalue weighted by atomic mass is 32.2. The Bertz CT molecular complexity index is 773. The number of sulfone groups is 1. The van der Waals surface area contributed by atoms with Crippen LogP contribution < -0.4 is 5.32 Å². The minimum atomic E-state index is -3.02. The fourth-order valence-corrected chi connectivity index (χ4v) is 4.06. The lowest BCUT2D eigenvalue weighted by molar-refractivity contribution is 0.0935. The summed E-state index contributed by atoms with van der Waals surface area (Å²) < 4.78 is 22.8. The third-order valence-corrected chi connectivity index (χ3v) is 5.30. The molecule has 2 heterocycles. The zero-order chi connectivity index (χ0) is 15.6. The van der Waals surface area contributed by atoms with Crippen LogP contribution in [0, 0.1) is 0 Å². The molecule has 1 atom stereocenters. The van der Waals surface area contributed by atoms with Crippen molar-refractivity contribution in [3.8, 4) is 11.3 Å². The average Bonchev–Trinajstić information content (AvgIpc) is 2.87. The van der Waals surface area contributed by atoms with Crippen molar-refractivity contribution < 1.29 is 13.2 Å². The van der Waals surface area contributed by atoms with Crippen LogP contribution in [0.1, 0.15) is 16.9 Å². The van der Waals surface area contributed by atoms with E-state index < -0.39 is 15.7 Å². The summed E-state index contributed by atoms with van der Waals surface area (Å²) >= 11 is 0. The zero-order valence-electron chi connectivity index (χ0n) is 11.8. The molecule has 1 saturated heterocycles. The predicted molar refractivity (Wildman–Crippen MR) is 82.0 cm³/mol. The maximum absolute atomic E-state index is 12.1. The van der Waals surface area contributed by atoms with Gasteiger partial charge in [0.25, 0.3) is 5.91 Å². The molecule has 1 N–H and O–H groups in total. The number of nitrogens with zero attached hydrogens (tertiary/aromatic N) is 2. The van der Waals surface area contributed by atoms with E-state index in [4.69, 9.17) is 0 Å². The van der Waals surface area contributed by atoms with Gasteiger partial charge in [0.2, 0.25) is 0 Å². The second-order valence-corrected chi connectivity index (χ2v) is 7.47. The number of carbonyl (C=O) groups excluding carboxylic acids is 1. The summed E-state index contributed by atoms with van der Waals surface area (Å²) in [5.74, 6) is -0.278. The Morgan fingerprint density at radius 3 is 2.45 bits per heavy atom. The number of amides is 1. The van der Waals surface area contributed by atoms with E-state index in [0.29, 0.717) is 12.1 Å². The summed E-state index contributed by atoms with van der Waals surface area (Å²) in [6, 6.07) is 12.5. The second kappa shape index (κ2) is 5.84. The molecule has 1 aliphatic rings.